The van der Waals surface area contributed by atoms with Crippen LogP contribution < -0.4 is 20.5 Å². The molecule has 0 spiro atoms. The van der Waals surface area contributed by atoms with Gasteiger partial charge in [-0.2, -0.15) is 13.7 Å². The molecule has 0 radical (unpaired) electrons. The van der Waals surface area contributed by atoms with E-state index < -0.39 is 51.2 Å². The molecule has 0 saturated carbocycles. The van der Waals surface area contributed by atoms with Crippen molar-refractivity contribution >= 4 is 39.3 Å². The number of halogens is 4. The summed E-state index contributed by atoms with van der Waals surface area (Å²) in [7, 11) is -3.89. The fourth-order valence-corrected chi connectivity index (χ4v) is 5.95. The van der Waals surface area contributed by atoms with Crippen LogP contribution in [0.15, 0.2) is 36.4 Å². The lowest BCUT2D eigenvalue weighted by molar-refractivity contribution is -0.123. The Morgan fingerprint density at radius 1 is 1.21 bits per heavy atom. The summed E-state index contributed by atoms with van der Waals surface area (Å²) < 4.78 is 55.5. The molecule has 0 aliphatic carbocycles. The Hall–Kier alpha value is -2.33. The monoisotopic (exact) mass is 601 g/mol. The molecular weight excluding hydrogens is 571 g/mol. The maximum atomic E-state index is 15.6. The third kappa shape index (κ3) is 7.06. The number of nitriles is 1. The first kappa shape index (κ1) is 31.2. The van der Waals surface area contributed by atoms with E-state index in [2.05, 4.69) is 21.4 Å². The number of hydrogen-bond acceptors (Lipinski definition) is 5. The van der Waals surface area contributed by atoms with Crippen LogP contribution >= 0.6 is 23.2 Å². The Labute approximate surface area is 237 Å². The van der Waals surface area contributed by atoms with Gasteiger partial charge < -0.3 is 10.6 Å². The number of hydrogen-bond donors (Lipinski definition) is 4. The van der Waals surface area contributed by atoms with E-state index in [9.17, 15) is 18.5 Å². The Morgan fingerprint density at radius 3 is 2.49 bits per heavy atom. The highest BCUT2D eigenvalue weighted by molar-refractivity contribution is 7.87. The van der Waals surface area contributed by atoms with Crippen LogP contribution in [0, 0.1) is 28.4 Å². The molecular formula is C26H31Cl2F2N5O3S. The zero-order valence-corrected chi connectivity index (χ0v) is 24.0. The normalized spacial score (nSPS) is 23.4. The summed E-state index contributed by atoms with van der Waals surface area (Å²) in [6, 6.07) is 8.55. The molecule has 2 aromatic carbocycles. The smallest absolute Gasteiger partial charge is 0.274 e. The first-order chi connectivity index (χ1) is 18.1. The Morgan fingerprint density at radius 2 is 1.90 bits per heavy atom. The van der Waals surface area contributed by atoms with E-state index in [-0.39, 0.29) is 46.1 Å². The van der Waals surface area contributed by atoms with Crippen molar-refractivity contribution in [2.24, 2.45) is 10.6 Å². The molecule has 1 amide bonds. The Kier molecular flexibility index (Phi) is 9.63. The van der Waals surface area contributed by atoms with Gasteiger partial charge >= 0.3 is 0 Å². The van der Waals surface area contributed by atoms with Crippen molar-refractivity contribution in [2.45, 2.75) is 57.0 Å². The molecule has 212 valence electrons. The number of nitrogens with one attached hydrogen (secondary N) is 3. The van der Waals surface area contributed by atoms with E-state index in [0.717, 1.165) is 6.07 Å². The number of nitrogens with two attached hydrogens (primary N) is 1. The lowest BCUT2D eigenvalue weighted by Crippen LogP contribution is -2.46. The molecule has 1 saturated heterocycles. The highest BCUT2D eigenvalue weighted by atomic mass is 35.5. The lowest BCUT2D eigenvalue weighted by atomic mass is 9.62. The van der Waals surface area contributed by atoms with Crippen LogP contribution in [-0.2, 0) is 20.4 Å². The van der Waals surface area contributed by atoms with Crippen molar-refractivity contribution in [3.8, 4) is 6.07 Å². The van der Waals surface area contributed by atoms with E-state index in [1.54, 1.807) is 0 Å². The van der Waals surface area contributed by atoms with E-state index in [1.165, 1.54) is 30.3 Å². The number of benzene rings is 2. The van der Waals surface area contributed by atoms with Crippen LogP contribution in [0.2, 0.25) is 10.0 Å². The van der Waals surface area contributed by atoms with Gasteiger partial charge in [0.1, 0.15) is 17.0 Å². The summed E-state index contributed by atoms with van der Waals surface area (Å²) in [5.74, 6) is -3.33. The van der Waals surface area contributed by atoms with Crippen molar-refractivity contribution in [1.29, 1.82) is 5.26 Å². The molecule has 8 nitrogen and oxygen atoms in total. The SMILES string of the molecule is CC(C)(C)C[C@@H]1N[C@@H](C(=O)NCCCNS(N)(=O)=O)C(c2cccc(Cl)c2F)[C@@]1(C#N)c1ccc(Cl)cc1F. The van der Waals surface area contributed by atoms with Gasteiger partial charge in [-0.25, -0.2) is 18.6 Å². The number of carbonyl (C=O) groups excluding carboxylic acids is 1. The minimum atomic E-state index is -3.89. The molecule has 1 heterocycles. The largest absolute Gasteiger partial charge is 0.355 e. The lowest BCUT2D eigenvalue weighted by Gasteiger charge is -2.37. The van der Waals surface area contributed by atoms with Gasteiger partial charge in [-0.05, 0) is 42.0 Å². The van der Waals surface area contributed by atoms with Crippen molar-refractivity contribution < 1.29 is 22.0 Å². The van der Waals surface area contributed by atoms with E-state index in [4.69, 9.17) is 28.3 Å². The van der Waals surface area contributed by atoms with Crippen molar-refractivity contribution in [3.05, 3.63) is 69.2 Å². The predicted molar refractivity (Wildman–Crippen MR) is 146 cm³/mol. The molecule has 1 aliphatic rings. The van der Waals surface area contributed by atoms with Gasteiger partial charge in [-0.15, -0.1) is 0 Å². The Bertz CT molecular complexity index is 1380. The van der Waals surface area contributed by atoms with Crippen molar-refractivity contribution in [3.63, 3.8) is 0 Å². The van der Waals surface area contributed by atoms with Crippen LogP contribution in [-0.4, -0.2) is 39.5 Å². The summed E-state index contributed by atoms with van der Waals surface area (Å²) in [5.41, 5.74) is -2.14. The predicted octanol–water partition coefficient (Wildman–Crippen LogP) is 3.89. The fourth-order valence-electron chi connectivity index (χ4n) is 5.18. The van der Waals surface area contributed by atoms with Crippen molar-refractivity contribution in [2.75, 3.05) is 13.1 Å². The maximum absolute atomic E-state index is 15.6. The second kappa shape index (κ2) is 12.0. The molecule has 39 heavy (non-hydrogen) atoms. The van der Waals surface area contributed by atoms with Gasteiger partial charge in [0.2, 0.25) is 5.91 Å². The molecule has 0 bridgehead atoms. The van der Waals surface area contributed by atoms with E-state index in [0.29, 0.717) is 6.42 Å². The van der Waals surface area contributed by atoms with Gasteiger partial charge in [0.15, 0.2) is 0 Å². The fraction of sp³-hybridized carbons (Fsp3) is 0.462. The average Bonchev–Trinajstić information content (AvgIpc) is 3.12. The molecule has 3 rings (SSSR count). The van der Waals surface area contributed by atoms with Crippen LogP contribution in [0.3, 0.4) is 0 Å². The first-order valence-corrected chi connectivity index (χ1v) is 14.5. The molecule has 5 N–H and O–H groups in total. The van der Waals surface area contributed by atoms with Crippen LogP contribution in [0.4, 0.5) is 8.78 Å². The van der Waals surface area contributed by atoms with Crippen LogP contribution in [0.5, 0.6) is 0 Å². The van der Waals surface area contributed by atoms with E-state index in [1.807, 2.05) is 20.8 Å². The average molecular weight is 603 g/mol. The first-order valence-electron chi connectivity index (χ1n) is 12.2. The van der Waals surface area contributed by atoms with E-state index >= 15 is 8.78 Å². The van der Waals surface area contributed by atoms with Crippen LogP contribution in [0.1, 0.15) is 50.7 Å². The second-order valence-corrected chi connectivity index (χ2v) is 13.0. The summed E-state index contributed by atoms with van der Waals surface area (Å²) in [6.07, 6.45) is 0.551. The van der Waals surface area contributed by atoms with Gasteiger partial charge in [0, 0.05) is 35.6 Å². The molecule has 4 atom stereocenters. The molecule has 2 aromatic rings. The minimum Gasteiger partial charge on any atom is -0.355 e. The molecule has 0 aromatic heterocycles. The number of rotatable bonds is 9. The summed E-state index contributed by atoms with van der Waals surface area (Å²) >= 11 is 12.1. The molecule has 1 fully saturated rings. The number of amides is 1. The highest BCUT2D eigenvalue weighted by Crippen LogP contribution is 2.52. The minimum absolute atomic E-state index is 0.0154. The summed E-state index contributed by atoms with van der Waals surface area (Å²) in [4.78, 5) is 13.6. The Balaban J connectivity index is 2.14. The highest BCUT2D eigenvalue weighted by Gasteiger charge is 2.61. The van der Waals surface area contributed by atoms with Crippen molar-refractivity contribution in [1.82, 2.24) is 15.4 Å². The zero-order valence-electron chi connectivity index (χ0n) is 21.7. The molecule has 1 unspecified atom stereocenters. The zero-order chi connectivity index (χ0) is 29.2. The quantitative estimate of drug-likeness (QED) is 0.323. The molecule has 1 aliphatic heterocycles. The van der Waals surface area contributed by atoms with Gasteiger partial charge in [0.25, 0.3) is 10.2 Å². The maximum Gasteiger partial charge on any atom is 0.274 e. The number of carbonyl (C=O) groups is 1. The number of nitrogens with zero attached hydrogens (tertiary/aromatic N) is 1. The summed E-state index contributed by atoms with van der Waals surface area (Å²) in [5, 5.41) is 21.6. The second-order valence-electron chi connectivity index (χ2n) is 10.8. The molecule has 13 heteroatoms. The third-order valence-corrected chi connectivity index (χ3v) is 7.82. The third-order valence-electron chi connectivity index (χ3n) is 6.69. The van der Waals surface area contributed by atoms with Gasteiger partial charge in [-0.1, -0.05) is 62.2 Å². The van der Waals surface area contributed by atoms with Gasteiger partial charge in [0.05, 0.1) is 17.1 Å². The summed E-state index contributed by atoms with van der Waals surface area (Å²) in [6.45, 7) is 5.86. The van der Waals surface area contributed by atoms with Gasteiger partial charge in [-0.3, -0.25) is 4.79 Å². The topological polar surface area (TPSA) is 137 Å². The van der Waals surface area contributed by atoms with Crippen LogP contribution in [0.25, 0.3) is 0 Å². The standard InChI is InChI=1S/C26H31Cl2F2N5O3S/c1-25(2,3)13-20-26(14-31,17-9-8-15(27)12-19(17)29)21(16-6-4-7-18(28)22(16)30)23(35-20)24(36)33-10-5-11-34-39(32,37)38/h4,6-9,12,20-21,23,34-35H,5,10-11,13H2,1-3H3,(H,33,36)(H2,32,37,38)/t20-,21?,23+,26-/m0/s1.